The summed E-state index contributed by atoms with van der Waals surface area (Å²) in [6.07, 6.45) is 4.40. The van der Waals surface area contributed by atoms with E-state index >= 15 is 0 Å². The third kappa shape index (κ3) is 12.4. The van der Waals surface area contributed by atoms with Gasteiger partial charge >= 0.3 is 11.9 Å². The number of amides is 3. The van der Waals surface area contributed by atoms with Crippen LogP contribution in [0.1, 0.15) is 31.4 Å². The minimum Gasteiger partial charge on any atom is -0.481 e. The number of aliphatic carboxylic acids is 2. The van der Waals surface area contributed by atoms with Crippen LogP contribution in [0.2, 0.25) is 0 Å². The molecule has 4 unspecified atom stereocenters. The summed E-state index contributed by atoms with van der Waals surface area (Å²) in [6.45, 7) is 0.109. The lowest BCUT2D eigenvalue weighted by atomic mass is 10.1. The Labute approximate surface area is 223 Å². The van der Waals surface area contributed by atoms with Gasteiger partial charge in [-0.2, -0.15) is 11.8 Å². The molecule has 0 spiro atoms. The number of carboxylic acids is 2. The molecule has 0 saturated heterocycles. The Morgan fingerprint density at radius 2 is 1.66 bits per heavy atom. The van der Waals surface area contributed by atoms with Crippen LogP contribution >= 0.6 is 11.8 Å². The molecule has 0 aliphatic carbocycles. The summed E-state index contributed by atoms with van der Waals surface area (Å²) in [6, 6.07) is -5.05. The van der Waals surface area contributed by atoms with Gasteiger partial charge < -0.3 is 48.3 Å². The molecule has 1 aromatic heterocycles. The van der Waals surface area contributed by atoms with Crippen LogP contribution in [0.25, 0.3) is 0 Å². The number of imidazole rings is 1. The highest BCUT2D eigenvalue weighted by molar-refractivity contribution is 7.98. The van der Waals surface area contributed by atoms with Crippen LogP contribution in [0, 0.1) is 0 Å². The maximum Gasteiger partial charge on any atom is 0.326 e. The zero-order chi connectivity index (χ0) is 28.7. The number of nitrogens with zero attached hydrogens (tertiary/aromatic N) is 2. The van der Waals surface area contributed by atoms with Crippen molar-refractivity contribution in [1.29, 1.82) is 0 Å². The fourth-order valence-electron chi connectivity index (χ4n) is 3.17. The maximum absolute atomic E-state index is 13.2. The normalized spacial score (nSPS) is 13.8. The SMILES string of the molecule is CSCCC(N)C(=O)NC(Cc1cnc[nH]1)C(=O)NC(CCCN=C(N)N)C(=O)NC(CC(=O)O)C(=O)O. The van der Waals surface area contributed by atoms with E-state index < -0.39 is 60.2 Å². The van der Waals surface area contributed by atoms with Crippen molar-refractivity contribution in [2.75, 3.05) is 18.6 Å². The number of nitrogens with one attached hydrogen (secondary N) is 4. The van der Waals surface area contributed by atoms with Gasteiger partial charge in [0.05, 0.1) is 18.8 Å². The number of aromatic amines is 1. The molecule has 12 N–H and O–H groups in total. The first-order valence-electron chi connectivity index (χ1n) is 11.6. The molecule has 0 fully saturated rings. The van der Waals surface area contributed by atoms with Crippen molar-refractivity contribution in [3.63, 3.8) is 0 Å². The van der Waals surface area contributed by atoms with Crippen LogP contribution in [0.15, 0.2) is 17.5 Å². The van der Waals surface area contributed by atoms with E-state index in [0.29, 0.717) is 17.9 Å². The Morgan fingerprint density at radius 3 is 2.21 bits per heavy atom. The fourth-order valence-corrected chi connectivity index (χ4v) is 3.66. The minimum absolute atomic E-state index is 0.00801. The number of nitrogens with two attached hydrogens (primary N) is 3. The predicted molar refractivity (Wildman–Crippen MR) is 139 cm³/mol. The average molecular weight is 558 g/mol. The first-order valence-corrected chi connectivity index (χ1v) is 13.0. The molecule has 1 aromatic rings. The van der Waals surface area contributed by atoms with Gasteiger partial charge in [0.15, 0.2) is 5.96 Å². The first kappa shape index (κ1) is 32.2. The number of rotatable bonds is 18. The molecule has 212 valence electrons. The van der Waals surface area contributed by atoms with Gasteiger partial charge in [-0.05, 0) is 31.3 Å². The number of aliphatic imine (C=N–C) groups is 1. The molecular weight excluding hydrogens is 522 g/mol. The van der Waals surface area contributed by atoms with Crippen molar-refractivity contribution >= 4 is 47.4 Å². The summed E-state index contributed by atoms with van der Waals surface area (Å²) in [4.78, 5) is 71.7. The topological polar surface area (TPSA) is 281 Å². The fraction of sp³-hybridized carbons (Fsp3) is 0.571. The van der Waals surface area contributed by atoms with Gasteiger partial charge in [-0.15, -0.1) is 0 Å². The molecule has 4 atom stereocenters. The molecule has 17 heteroatoms. The number of carbonyl (C=O) groups excluding carboxylic acids is 3. The molecule has 1 rings (SSSR count). The molecule has 3 amide bonds. The molecule has 0 bridgehead atoms. The van der Waals surface area contributed by atoms with Crippen LogP contribution < -0.4 is 33.2 Å². The number of aromatic nitrogens is 2. The van der Waals surface area contributed by atoms with E-state index in [9.17, 15) is 29.1 Å². The molecule has 0 radical (unpaired) electrons. The van der Waals surface area contributed by atoms with Crippen molar-refractivity contribution in [3.8, 4) is 0 Å². The Hall–Kier alpha value is -3.86. The number of H-pyrrole nitrogens is 1. The van der Waals surface area contributed by atoms with E-state index in [1.54, 1.807) is 0 Å². The van der Waals surface area contributed by atoms with Crippen LogP contribution in [-0.4, -0.2) is 98.5 Å². The lowest BCUT2D eigenvalue weighted by Crippen LogP contribution is -2.57. The summed E-state index contributed by atoms with van der Waals surface area (Å²) < 4.78 is 0. The number of hydrogen-bond donors (Lipinski definition) is 9. The van der Waals surface area contributed by atoms with E-state index in [1.807, 2.05) is 6.26 Å². The monoisotopic (exact) mass is 557 g/mol. The highest BCUT2D eigenvalue weighted by Crippen LogP contribution is 2.06. The lowest BCUT2D eigenvalue weighted by Gasteiger charge is -2.25. The summed E-state index contributed by atoms with van der Waals surface area (Å²) in [7, 11) is 0. The average Bonchev–Trinajstić information content (AvgIpc) is 3.35. The van der Waals surface area contributed by atoms with E-state index in [-0.39, 0.29) is 31.8 Å². The second-order valence-electron chi connectivity index (χ2n) is 8.24. The second kappa shape index (κ2) is 16.8. The third-order valence-electron chi connectivity index (χ3n) is 5.15. The van der Waals surface area contributed by atoms with Crippen molar-refractivity contribution in [1.82, 2.24) is 25.9 Å². The van der Waals surface area contributed by atoms with Crippen LogP contribution in [0.3, 0.4) is 0 Å². The number of guanidine groups is 1. The van der Waals surface area contributed by atoms with E-state index in [0.717, 1.165) is 0 Å². The standard InChI is InChI=1S/C21H35N9O7S/c1-38-6-4-12(22)17(33)29-14(7-11-9-25-10-27-11)19(35)28-13(3-2-5-26-21(23)24)18(34)30-15(20(36)37)8-16(31)32/h9-10,12-15H,2-8,22H2,1H3,(H,25,27)(H,28,35)(H,29,33)(H,30,34)(H,31,32)(H,36,37)(H4,23,24,26). The quantitative estimate of drug-likeness (QED) is 0.0499. The van der Waals surface area contributed by atoms with Gasteiger partial charge in [0.25, 0.3) is 0 Å². The number of thioether (sulfide) groups is 1. The van der Waals surface area contributed by atoms with Crippen LogP contribution in [-0.2, 0) is 30.4 Å². The zero-order valence-corrected chi connectivity index (χ0v) is 21.7. The first-order chi connectivity index (χ1) is 17.9. The molecule has 0 saturated carbocycles. The number of carboxylic acid groups (broad SMARTS) is 2. The second-order valence-corrected chi connectivity index (χ2v) is 9.22. The minimum atomic E-state index is -1.73. The maximum atomic E-state index is 13.2. The van der Waals surface area contributed by atoms with Crippen molar-refractivity contribution in [2.45, 2.75) is 56.3 Å². The summed E-state index contributed by atoms with van der Waals surface area (Å²) in [5, 5.41) is 25.4. The molecule has 1 heterocycles. The third-order valence-corrected chi connectivity index (χ3v) is 5.80. The van der Waals surface area contributed by atoms with Crippen molar-refractivity contribution in [2.24, 2.45) is 22.2 Å². The Balaban J connectivity index is 3.09. The summed E-state index contributed by atoms with van der Waals surface area (Å²) in [5.41, 5.74) is 17.0. The smallest absolute Gasteiger partial charge is 0.326 e. The molecule has 0 aliphatic heterocycles. The lowest BCUT2D eigenvalue weighted by molar-refractivity contribution is -0.147. The summed E-state index contributed by atoms with van der Waals surface area (Å²) in [5.74, 6) is -4.80. The molecule has 38 heavy (non-hydrogen) atoms. The Kier molecular flexibility index (Phi) is 14.2. The summed E-state index contributed by atoms with van der Waals surface area (Å²) >= 11 is 1.51. The highest BCUT2D eigenvalue weighted by atomic mass is 32.2. The van der Waals surface area contributed by atoms with Crippen molar-refractivity contribution < 1.29 is 34.2 Å². The van der Waals surface area contributed by atoms with Gasteiger partial charge in [0.2, 0.25) is 17.7 Å². The van der Waals surface area contributed by atoms with E-state index in [2.05, 4.69) is 30.9 Å². The predicted octanol–water partition coefficient (Wildman–Crippen LogP) is -2.90. The number of hydrogen-bond acceptors (Lipinski definition) is 9. The highest BCUT2D eigenvalue weighted by Gasteiger charge is 2.31. The molecule has 0 aliphatic rings. The largest absolute Gasteiger partial charge is 0.481 e. The van der Waals surface area contributed by atoms with Gasteiger partial charge in [-0.3, -0.25) is 24.2 Å². The zero-order valence-electron chi connectivity index (χ0n) is 20.9. The Morgan fingerprint density at radius 1 is 1.03 bits per heavy atom. The van der Waals surface area contributed by atoms with Crippen LogP contribution in [0.4, 0.5) is 0 Å². The molecule has 0 aromatic carbocycles. The number of carbonyl (C=O) groups is 5. The van der Waals surface area contributed by atoms with Crippen LogP contribution in [0.5, 0.6) is 0 Å². The molecular formula is C21H35N9O7S. The van der Waals surface area contributed by atoms with Gasteiger partial charge in [0, 0.05) is 24.9 Å². The van der Waals surface area contributed by atoms with Gasteiger partial charge in [0.1, 0.15) is 18.1 Å². The molecule has 16 nitrogen and oxygen atoms in total. The van der Waals surface area contributed by atoms with E-state index in [1.165, 1.54) is 24.3 Å². The van der Waals surface area contributed by atoms with Crippen molar-refractivity contribution in [3.05, 3.63) is 18.2 Å². The van der Waals surface area contributed by atoms with Gasteiger partial charge in [-0.1, -0.05) is 0 Å². The Bertz CT molecular complexity index is 970. The van der Waals surface area contributed by atoms with E-state index in [4.69, 9.17) is 22.3 Å². The van der Waals surface area contributed by atoms with Gasteiger partial charge in [-0.25, -0.2) is 9.78 Å².